The summed E-state index contributed by atoms with van der Waals surface area (Å²) >= 11 is 6.07. The molecule has 0 aliphatic heterocycles. The molecule has 1 amide bonds. The van der Waals surface area contributed by atoms with Crippen molar-refractivity contribution in [3.8, 4) is 12.3 Å². The number of aromatic nitrogens is 4. The minimum absolute atomic E-state index is 0.0437. The predicted octanol–water partition coefficient (Wildman–Crippen LogP) is 0.914. The van der Waals surface area contributed by atoms with E-state index in [1.54, 1.807) is 13.8 Å². The number of carbonyl (C=O) groups excluding carboxylic acids is 1. The second kappa shape index (κ2) is 9.05. The van der Waals surface area contributed by atoms with Crippen LogP contribution in [-0.4, -0.2) is 61.1 Å². The summed E-state index contributed by atoms with van der Waals surface area (Å²) in [6, 6.07) is 0. The summed E-state index contributed by atoms with van der Waals surface area (Å²) in [4.78, 5) is 24.0. The Morgan fingerprint density at radius 1 is 1.52 bits per heavy atom. The maximum Gasteiger partial charge on any atom is 0.232 e. The molecule has 2 aromatic heterocycles. The van der Waals surface area contributed by atoms with E-state index in [0.29, 0.717) is 0 Å². The van der Waals surface area contributed by atoms with Gasteiger partial charge >= 0.3 is 0 Å². The molecule has 2 aromatic rings. The number of alkyl halides is 1. The predicted molar refractivity (Wildman–Crippen MR) is 95.6 cm³/mol. The van der Waals surface area contributed by atoms with Crippen molar-refractivity contribution in [3.63, 3.8) is 0 Å². The number of carbonyl (C=O) groups is 1. The van der Waals surface area contributed by atoms with E-state index in [0.717, 1.165) is 0 Å². The van der Waals surface area contributed by atoms with E-state index in [1.165, 1.54) is 10.9 Å². The Balaban J connectivity index is 2.40. The lowest BCUT2D eigenvalue weighted by molar-refractivity contribution is -0.118. The first-order chi connectivity index (χ1) is 12.8. The molecule has 0 fully saturated rings. The van der Waals surface area contributed by atoms with Crippen molar-refractivity contribution < 1.29 is 24.1 Å². The molecule has 2 rings (SSSR count). The molecular weight excluding hydrogens is 381 g/mol. The highest BCUT2D eigenvalue weighted by Crippen LogP contribution is 2.25. The zero-order valence-electron chi connectivity index (χ0n) is 14.6. The lowest BCUT2D eigenvalue weighted by Gasteiger charge is -2.24. The van der Waals surface area contributed by atoms with Gasteiger partial charge in [-0.05, 0) is 0 Å². The van der Waals surface area contributed by atoms with Crippen LogP contribution in [0.5, 0.6) is 0 Å². The van der Waals surface area contributed by atoms with Crippen LogP contribution in [0.15, 0.2) is 6.33 Å². The van der Waals surface area contributed by atoms with Gasteiger partial charge < -0.3 is 14.9 Å². The largest absolute Gasteiger partial charge is 0.394 e. The fourth-order valence-electron chi connectivity index (χ4n) is 2.11. The number of hydrogen-bond donors (Lipinski definition) is 3. The molecule has 3 atom stereocenters. The van der Waals surface area contributed by atoms with Gasteiger partial charge in [-0.2, -0.15) is 9.97 Å². The van der Waals surface area contributed by atoms with Crippen molar-refractivity contribution in [1.29, 1.82) is 0 Å². The Hall–Kier alpha value is -2.32. The van der Waals surface area contributed by atoms with E-state index in [-0.39, 0.29) is 34.1 Å². The van der Waals surface area contributed by atoms with Crippen LogP contribution in [0.1, 0.15) is 20.1 Å². The van der Waals surface area contributed by atoms with Crippen molar-refractivity contribution >= 4 is 34.6 Å². The molecule has 11 heteroatoms. The van der Waals surface area contributed by atoms with E-state index in [2.05, 4.69) is 20.3 Å². The van der Waals surface area contributed by atoms with Crippen molar-refractivity contribution in [3.05, 3.63) is 11.5 Å². The molecule has 0 aliphatic carbocycles. The maximum atomic E-state index is 13.6. The summed E-state index contributed by atoms with van der Waals surface area (Å²) < 4.78 is 20.2. The Morgan fingerprint density at radius 3 is 2.78 bits per heavy atom. The minimum atomic E-state index is -1.43. The van der Waals surface area contributed by atoms with Crippen LogP contribution in [-0.2, 0) is 9.53 Å². The Labute approximate surface area is 159 Å². The number of aliphatic hydroxyl groups excluding tert-OH is 2. The number of amides is 1. The van der Waals surface area contributed by atoms with Crippen LogP contribution >= 0.6 is 11.6 Å². The number of terminal acetylenes is 1. The SMILES string of the molecule is C#C[C@H](O)[C@@H](CO)O[C@H](CF)n1cnc2c(Cl)nc(NC(=O)C(C)C)nc21. The van der Waals surface area contributed by atoms with Crippen LogP contribution in [0.2, 0.25) is 5.15 Å². The average molecular weight is 400 g/mol. The number of hydrogen-bond acceptors (Lipinski definition) is 7. The summed E-state index contributed by atoms with van der Waals surface area (Å²) in [6.07, 6.45) is 2.38. The van der Waals surface area contributed by atoms with E-state index < -0.39 is 31.7 Å². The molecule has 9 nitrogen and oxygen atoms in total. The summed E-state index contributed by atoms with van der Waals surface area (Å²) in [7, 11) is 0. The first-order valence-corrected chi connectivity index (χ1v) is 8.37. The third-order valence-electron chi connectivity index (χ3n) is 3.62. The first-order valence-electron chi connectivity index (χ1n) is 7.99. The fourth-order valence-corrected chi connectivity index (χ4v) is 2.32. The number of nitrogens with zero attached hydrogens (tertiary/aromatic N) is 4. The third-order valence-corrected chi connectivity index (χ3v) is 3.88. The van der Waals surface area contributed by atoms with Gasteiger partial charge in [0.25, 0.3) is 0 Å². The molecule has 0 aromatic carbocycles. The number of anilines is 1. The molecule has 3 N–H and O–H groups in total. The number of aliphatic hydroxyl groups is 2. The number of fused-ring (bicyclic) bond motifs is 1. The van der Waals surface area contributed by atoms with E-state index in [4.69, 9.17) is 22.8 Å². The molecule has 0 unspecified atom stereocenters. The maximum absolute atomic E-state index is 13.6. The number of rotatable bonds is 8. The smallest absolute Gasteiger partial charge is 0.232 e. The van der Waals surface area contributed by atoms with E-state index >= 15 is 0 Å². The Morgan fingerprint density at radius 2 is 2.22 bits per heavy atom. The molecule has 146 valence electrons. The van der Waals surface area contributed by atoms with Gasteiger partial charge in [0.05, 0.1) is 12.9 Å². The fraction of sp³-hybridized carbons (Fsp3) is 0.500. The van der Waals surface area contributed by atoms with Crippen molar-refractivity contribution in [2.75, 3.05) is 18.6 Å². The zero-order valence-corrected chi connectivity index (χ0v) is 15.4. The van der Waals surface area contributed by atoms with Gasteiger partial charge in [0.1, 0.15) is 24.4 Å². The van der Waals surface area contributed by atoms with Crippen LogP contribution in [0.3, 0.4) is 0 Å². The molecule has 0 spiro atoms. The van der Waals surface area contributed by atoms with Gasteiger partial charge in [0.15, 0.2) is 17.0 Å². The molecular formula is C16H19ClFN5O4. The monoisotopic (exact) mass is 399 g/mol. The highest BCUT2D eigenvalue weighted by atomic mass is 35.5. The molecule has 0 saturated carbocycles. The van der Waals surface area contributed by atoms with Crippen LogP contribution in [0.4, 0.5) is 10.3 Å². The van der Waals surface area contributed by atoms with Crippen molar-refractivity contribution in [1.82, 2.24) is 19.5 Å². The number of nitrogens with one attached hydrogen (secondary N) is 1. The molecule has 27 heavy (non-hydrogen) atoms. The lowest BCUT2D eigenvalue weighted by Crippen LogP contribution is -2.34. The Bertz CT molecular complexity index is 853. The summed E-state index contributed by atoms with van der Waals surface area (Å²) in [5.74, 6) is 1.29. The molecule has 0 aliphatic rings. The molecule has 0 radical (unpaired) electrons. The summed E-state index contributed by atoms with van der Waals surface area (Å²) in [5, 5.41) is 21.4. The standard InChI is InChI=1S/C16H19ClFN5O4/c1-4-9(25)10(6-24)27-11(5-18)23-7-19-12-13(17)20-16(21-14(12)23)22-15(26)8(2)3/h1,7-11,24-25H,5-6H2,2-3H3,(H,20,21,22,26)/t9-,10+,11+/m0/s1. The van der Waals surface area contributed by atoms with Crippen molar-refractivity contribution in [2.45, 2.75) is 32.3 Å². The molecule has 0 saturated heterocycles. The normalized spacial score (nSPS) is 14.7. The Kier molecular flexibility index (Phi) is 7.04. The first kappa shape index (κ1) is 21.0. The number of halogens is 2. The van der Waals surface area contributed by atoms with Gasteiger partial charge in [-0.25, -0.2) is 9.37 Å². The second-order valence-electron chi connectivity index (χ2n) is 5.88. The lowest BCUT2D eigenvalue weighted by atomic mass is 10.2. The highest BCUT2D eigenvalue weighted by Gasteiger charge is 2.25. The molecule has 2 heterocycles. The summed E-state index contributed by atoms with van der Waals surface area (Å²) in [5.41, 5.74) is 0.267. The number of ether oxygens (including phenoxy) is 1. The van der Waals surface area contributed by atoms with Crippen LogP contribution in [0.25, 0.3) is 11.2 Å². The quantitative estimate of drug-likeness (QED) is 0.445. The summed E-state index contributed by atoms with van der Waals surface area (Å²) in [6.45, 7) is 1.73. The van der Waals surface area contributed by atoms with Gasteiger partial charge in [-0.1, -0.05) is 31.4 Å². The average Bonchev–Trinajstić information content (AvgIpc) is 3.06. The van der Waals surface area contributed by atoms with E-state index in [9.17, 15) is 19.4 Å². The minimum Gasteiger partial charge on any atom is -0.394 e. The van der Waals surface area contributed by atoms with Crippen LogP contribution < -0.4 is 5.32 Å². The van der Waals surface area contributed by atoms with Crippen LogP contribution in [0, 0.1) is 18.3 Å². The van der Waals surface area contributed by atoms with Gasteiger partial charge in [-0.15, -0.1) is 6.42 Å². The van der Waals surface area contributed by atoms with Gasteiger partial charge in [-0.3, -0.25) is 14.7 Å². The zero-order chi connectivity index (χ0) is 20.1. The molecule has 0 bridgehead atoms. The van der Waals surface area contributed by atoms with Gasteiger partial charge in [0, 0.05) is 5.92 Å². The highest BCUT2D eigenvalue weighted by molar-refractivity contribution is 6.33. The van der Waals surface area contributed by atoms with E-state index in [1.807, 2.05) is 5.92 Å². The third kappa shape index (κ3) is 4.70. The van der Waals surface area contributed by atoms with Gasteiger partial charge in [0.2, 0.25) is 11.9 Å². The number of imidazole rings is 1. The van der Waals surface area contributed by atoms with Crippen molar-refractivity contribution in [2.24, 2.45) is 5.92 Å². The second-order valence-corrected chi connectivity index (χ2v) is 6.24. The topological polar surface area (TPSA) is 122 Å².